The molecule has 11 atom stereocenters. The van der Waals surface area contributed by atoms with Gasteiger partial charge in [0.1, 0.15) is 42.3 Å². The number of hydrogen-bond donors (Lipinski definition) is 5. The highest BCUT2D eigenvalue weighted by Crippen LogP contribution is 2.23. The minimum Gasteiger partial charge on any atom is -0.390 e. The summed E-state index contributed by atoms with van der Waals surface area (Å²) in [5.41, 5.74) is 0. The number of amides is 7. The van der Waals surface area contributed by atoms with E-state index in [2.05, 4.69) is 22.5 Å². The summed E-state index contributed by atoms with van der Waals surface area (Å²) in [6, 6.07) is -8.70. The maximum atomic E-state index is 14.2. The third-order valence-electron chi connectivity index (χ3n) is 11.7. The molecule has 318 valence electrons. The van der Waals surface area contributed by atoms with Crippen LogP contribution in [0.25, 0.3) is 0 Å². The molecule has 0 bridgehead atoms. The summed E-state index contributed by atoms with van der Waals surface area (Å²) >= 11 is 0. The van der Waals surface area contributed by atoms with Crippen molar-refractivity contribution >= 4 is 41.4 Å². The number of fused-ring (bicyclic) bond motifs is 1. The molecule has 2 saturated heterocycles. The molecule has 2 aliphatic rings. The van der Waals surface area contributed by atoms with Gasteiger partial charge in [0.15, 0.2) is 0 Å². The van der Waals surface area contributed by atoms with Crippen molar-refractivity contribution in [2.75, 3.05) is 27.7 Å². The lowest BCUT2D eigenvalue weighted by atomic mass is 9.94. The standard InChI is InChI=1S/C40H69N7O9/c1-14-23(7)20-27-39(55)44(11)26(10)38(54)47-19-17-16-18-28(47)34(50)43-30(32(48)21(3)4)35(51)42-29(24(8)15-2)40(56)45(12)25(9)37(53)46(13)31(36(52)41-27)33(49)22(5)6/h14,21-33,48-49H,1,15-20H2,2-13H3,(H,41,52)(H,42,51)(H,43,50)/t23-,24-,25-,26-,27-,28+,29+,30+,31-,32+,33?/m0/s1. The summed E-state index contributed by atoms with van der Waals surface area (Å²) in [4.78, 5) is 104. The number of aliphatic hydroxyl groups is 2. The van der Waals surface area contributed by atoms with Crippen molar-refractivity contribution in [3.05, 3.63) is 12.7 Å². The molecule has 0 aromatic heterocycles. The second kappa shape index (κ2) is 20.9. The molecule has 0 radical (unpaired) electrons. The number of nitrogens with zero attached hydrogens (tertiary/aromatic N) is 4. The smallest absolute Gasteiger partial charge is 0.246 e. The first-order chi connectivity index (χ1) is 26.0. The van der Waals surface area contributed by atoms with E-state index in [9.17, 15) is 43.8 Å². The molecule has 2 aliphatic heterocycles. The van der Waals surface area contributed by atoms with Crippen molar-refractivity contribution in [2.24, 2.45) is 23.7 Å². The lowest BCUT2D eigenvalue weighted by Crippen LogP contribution is -2.64. The summed E-state index contributed by atoms with van der Waals surface area (Å²) in [6.45, 7) is 19.1. The zero-order valence-corrected chi connectivity index (χ0v) is 35.6. The molecule has 7 amide bonds. The zero-order chi connectivity index (χ0) is 42.9. The van der Waals surface area contributed by atoms with E-state index in [1.165, 1.54) is 44.8 Å². The maximum Gasteiger partial charge on any atom is 0.246 e. The van der Waals surface area contributed by atoms with Crippen LogP contribution in [0.15, 0.2) is 12.7 Å². The number of carbonyl (C=O) groups excluding carboxylic acids is 7. The fraction of sp³-hybridized carbons (Fsp3) is 0.775. The second-order valence-electron chi connectivity index (χ2n) is 16.5. The lowest BCUT2D eigenvalue weighted by Gasteiger charge is -2.39. The Morgan fingerprint density at radius 3 is 1.77 bits per heavy atom. The molecule has 0 aromatic carbocycles. The van der Waals surface area contributed by atoms with Crippen molar-refractivity contribution in [1.29, 1.82) is 0 Å². The van der Waals surface area contributed by atoms with E-state index >= 15 is 0 Å². The average molecular weight is 792 g/mol. The first kappa shape index (κ1) is 48.1. The Kier molecular flexibility index (Phi) is 18.0. The third-order valence-corrected chi connectivity index (χ3v) is 11.7. The molecule has 0 aromatic rings. The number of aliphatic hydroxyl groups excluding tert-OH is 2. The minimum atomic E-state index is -1.50. The van der Waals surface area contributed by atoms with Gasteiger partial charge >= 0.3 is 0 Å². The Morgan fingerprint density at radius 1 is 0.696 bits per heavy atom. The molecule has 16 nitrogen and oxygen atoms in total. The highest BCUT2D eigenvalue weighted by molar-refractivity contribution is 5.98. The Morgan fingerprint density at radius 2 is 1.23 bits per heavy atom. The van der Waals surface area contributed by atoms with Crippen LogP contribution in [0.4, 0.5) is 0 Å². The van der Waals surface area contributed by atoms with Gasteiger partial charge in [0.05, 0.1) is 12.2 Å². The van der Waals surface area contributed by atoms with Gasteiger partial charge in [-0.15, -0.1) is 6.58 Å². The van der Waals surface area contributed by atoms with Gasteiger partial charge < -0.3 is 45.8 Å². The van der Waals surface area contributed by atoms with Gasteiger partial charge in [0.2, 0.25) is 41.4 Å². The lowest BCUT2D eigenvalue weighted by molar-refractivity contribution is -0.153. The van der Waals surface area contributed by atoms with E-state index in [1.807, 2.05) is 6.92 Å². The number of allylic oxidation sites excluding steroid dienone is 1. The number of carbonyl (C=O) groups is 7. The van der Waals surface area contributed by atoms with Gasteiger partial charge in [0, 0.05) is 27.7 Å². The van der Waals surface area contributed by atoms with Crippen LogP contribution >= 0.6 is 0 Å². The zero-order valence-electron chi connectivity index (χ0n) is 35.6. The molecule has 1 unspecified atom stereocenters. The highest BCUT2D eigenvalue weighted by Gasteiger charge is 2.44. The Balaban J connectivity index is 2.83. The normalized spacial score (nSPS) is 29.6. The number of nitrogens with one attached hydrogen (secondary N) is 3. The van der Waals surface area contributed by atoms with E-state index in [0.717, 1.165) is 9.80 Å². The Bertz CT molecular complexity index is 1440. The van der Waals surface area contributed by atoms with Gasteiger partial charge in [-0.2, -0.15) is 0 Å². The van der Waals surface area contributed by atoms with Crippen LogP contribution in [0.5, 0.6) is 0 Å². The number of piperidine rings is 1. The summed E-state index contributed by atoms with van der Waals surface area (Å²) in [5.74, 6) is -6.53. The number of rotatable bonds is 9. The van der Waals surface area contributed by atoms with Crippen molar-refractivity contribution in [2.45, 2.75) is 149 Å². The summed E-state index contributed by atoms with van der Waals surface area (Å²) in [5, 5.41) is 30.8. The maximum absolute atomic E-state index is 14.2. The van der Waals surface area contributed by atoms with Crippen LogP contribution in [0.2, 0.25) is 0 Å². The Hall–Kier alpha value is -4.05. The number of likely N-dealkylation sites (N-methyl/N-ethyl adjacent to an activating group) is 3. The van der Waals surface area contributed by atoms with Crippen molar-refractivity contribution in [3.63, 3.8) is 0 Å². The molecular formula is C40H69N7O9. The predicted octanol–water partition coefficient (Wildman–Crippen LogP) is 0.648. The quantitative estimate of drug-likeness (QED) is 0.208. The molecule has 16 heteroatoms. The van der Waals surface area contributed by atoms with Crippen LogP contribution in [-0.2, 0) is 33.6 Å². The second-order valence-corrected chi connectivity index (χ2v) is 16.5. The largest absolute Gasteiger partial charge is 0.390 e. The SMILES string of the molecule is C=C[C@H](C)C[C@@H]1NC(=O)[C@H](C(O)C(C)C)N(C)C(=O)[C@H](C)N(C)C(=O)[C@@H]([C@@H](C)CC)NC(=O)[C@@H]([C@H](O)C(C)C)NC(=O)[C@H]2CCCCN2C(=O)[C@H](C)N(C)C1=O. The van der Waals surface area contributed by atoms with Gasteiger partial charge in [-0.1, -0.05) is 61.0 Å². The first-order valence-corrected chi connectivity index (χ1v) is 20.0. The molecule has 0 aliphatic carbocycles. The molecule has 56 heavy (non-hydrogen) atoms. The molecule has 5 N–H and O–H groups in total. The van der Waals surface area contributed by atoms with E-state index in [4.69, 9.17) is 0 Å². The molecule has 2 fully saturated rings. The van der Waals surface area contributed by atoms with E-state index in [-0.39, 0.29) is 25.3 Å². The first-order valence-electron chi connectivity index (χ1n) is 20.0. The fourth-order valence-corrected chi connectivity index (χ4v) is 7.06. The summed E-state index contributed by atoms with van der Waals surface area (Å²) < 4.78 is 0. The van der Waals surface area contributed by atoms with Gasteiger partial charge in [-0.05, 0) is 63.2 Å². The molecular weight excluding hydrogens is 722 g/mol. The van der Waals surface area contributed by atoms with Crippen LogP contribution in [0.3, 0.4) is 0 Å². The van der Waals surface area contributed by atoms with Gasteiger partial charge in [-0.25, -0.2) is 0 Å². The summed E-state index contributed by atoms with van der Waals surface area (Å²) in [6.07, 6.45) is 0.837. The van der Waals surface area contributed by atoms with Crippen LogP contribution in [-0.4, -0.2) is 153 Å². The monoisotopic (exact) mass is 792 g/mol. The van der Waals surface area contributed by atoms with Crippen LogP contribution < -0.4 is 16.0 Å². The van der Waals surface area contributed by atoms with Crippen molar-refractivity contribution in [3.8, 4) is 0 Å². The average Bonchev–Trinajstić information content (AvgIpc) is 3.17. The van der Waals surface area contributed by atoms with E-state index in [0.29, 0.717) is 19.3 Å². The topological polar surface area (TPSA) is 209 Å². The van der Waals surface area contributed by atoms with E-state index in [1.54, 1.807) is 47.6 Å². The molecule has 0 saturated carbocycles. The fourth-order valence-electron chi connectivity index (χ4n) is 7.06. The van der Waals surface area contributed by atoms with Crippen molar-refractivity contribution < 1.29 is 43.8 Å². The third kappa shape index (κ3) is 11.3. The van der Waals surface area contributed by atoms with Crippen LogP contribution in [0, 0.1) is 23.7 Å². The molecule has 2 heterocycles. The molecule has 0 spiro atoms. The predicted molar refractivity (Wildman–Crippen MR) is 211 cm³/mol. The number of hydrogen-bond acceptors (Lipinski definition) is 9. The summed E-state index contributed by atoms with van der Waals surface area (Å²) in [7, 11) is 4.15. The van der Waals surface area contributed by atoms with Crippen LogP contribution in [0.1, 0.15) is 94.4 Å². The van der Waals surface area contributed by atoms with Gasteiger partial charge in [-0.3, -0.25) is 33.6 Å². The highest BCUT2D eigenvalue weighted by atomic mass is 16.3. The Labute approximate surface area is 333 Å². The minimum absolute atomic E-state index is 0.0848. The van der Waals surface area contributed by atoms with Gasteiger partial charge in [0.25, 0.3) is 0 Å². The molecule has 2 rings (SSSR count). The van der Waals surface area contributed by atoms with Crippen molar-refractivity contribution in [1.82, 2.24) is 35.6 Å². The van der Waals surface area contributed by atoms with E-state index < -0.39 is 114 Å².